The maximum atomic E-state index is 5.80. The van der Waals surface area contributed by atoms with Gasteiger partial charge in [0.1, 0.15) is 0 Å². The molecule has 0 aromatic carbocycles. The number of nitrogens with two attached hydrogens (primary N) is 1. The molecule has 0 saturated carbocycles. The first-order valence-electron chi connectivity index (χ1n) is 5.61. The van der Waals surface area contributed by atoms with Gasteiger partial charge in [-0.2, -0.15) is 0 Å². The number of ether oxygens (including phenoxy) is 1. The largest absolute Gasteiger partial charge is 0.372 e. The van der Waals surface area contributed by atoms with Crippen LogP contribution in [0.3, 0.4) is 0 Å². The zero-order valence-electron chi connectivity index (χ0n) is 11.4. The SMILES string of the molecule is CC(C)(C)NC(C)(C)COC(C)(C)CN. The van der Waals surface area contributed by atoms with Crippen LogP contribution in [-0.4, -0.2) is 29.8 Å². The highest BCUT2D eigenvalue weighted by molar-refractivity contribution is 4.86. The van der Waals surface area contributed by atoms with Crippen LogP contribution in [0.2, 0.25) is 0 Å². The molecule has 0 fully saturated rings. The van der Waals surface area contributed by atoms with Gasteiger partial charge < -0.3 is 15.8 Å². The smallest absolute Gasteiger partial charge is 0.0749 e. The highest BCUT2D eigenvalue weighted by atomic mass is 16.5. The maximum absolute atomic E-state index is 5.80. The van der Waals surface area contributed by atoms with Crippen molar-refractivity contribution in [3.05, 3.63) is 0 Å². The van der Waals surface area contributed by atoms with Crippen LogP contribution >= 0.6 is 0 Å². The van der Waals surface area contributed by atoms with E-state index in [1.54, 1.807) is 0 Å². The summed E-state index contributed by atoms with van der Waals surface area (Å²) in [7, 11) is 0. The van der Waals surface area contributed by atoms with Gasteiger partial charge in [-0.05, 0) is 48.5 Å². The molecule has 0 aliphatic carbocycles. The first-order chi connectivity index (χ1) is 6.47. The minimum absolute atomic E-state index is 0.0370. The third-order valence-electron chi connectivity index (χ3n) is 2.03. The quantitative estimate of drug-likeness (QED) is 0.738. The highest BCUT2D eigenvalue weighted by Gasteiger charge is 2.27. The van der Waals surface area contributed by atoms with Crippen molar-refractivity contribution in [2.45, 2.75) is 65.1 Å². The van der Waals surface area contributed by atoms with Crippen LogP contribution in [0.5, 0.6) is 0 Å². The molecule has 0 aromatic rings. The number of nitrogens with one attached hydrogen (secondary N) is 1. The number of hydrogen-bond donors (Lipinski definition) is 2. The second-order valence-corrected chi connectivity index (χ2v) is 6.51. The molecule has 0 heterocycles. The fourth-order valence-corrected chi connectivity index (χ4v) is 1.49. The zero-order chi connectivity index (χ0) is 12.3. The Kier molecular flexibility index (Phi) is 4.77. The molecule has 92 valence electrons. The normalized spacial score (nSPS) is 14.4. The topological polar surface area (TPSA) is 47.3 Å². The first kappa shape index (κ1) is 14.9. The second kappa shape index (κ2) is 4.81. The first-order valence-corrected chi connectivity index (χ1v) is 5.61. The molecule has 3 N–H and O–H groups in total. The Balaban J connectivity index is 4.16. The Hall–Kier alpha value is -0.120. The van der Waals surface area contributed by atoms with E-state index in [1.165, 1.54) is 0 Å². The van der Waals surface area contributed by atoms with Crippen LogP contribution in [0.1, 0.15) is 48.5 Å². The maximum Gasteiger partial charge on any atom is 0.0749 e. The minimum atomic E-state index is -0.239. The molecule has 0 aromatic heterocycles. The lowest BCUT2D eigenvalue weighted by Gasteiger charge is -2.37. The average molecular weight is 216 g/mol. The van der Waals surface area contributed by atoms with Crippen LogP contribution in [0.25, 0.3) is 0 Å². The lowest BCUT2D eigenvalue weighted by molar-refractivity contribution is -0.0402. The molecular weight excluding hydrogens is 188 g/mol. The van der Waals surface area contributed by atoms with Crippen molar-refractivity contribution in [1.82, 2.24) is 5.32 Å². The summed E-state index contributed by atoms with van der Waals surface area (Å²) in [5.74, 6) is 0. The summed E-state index contributed by atoms with van der Waals surface area (Å²) < 4.78 is 5.80. The summed E-state index contributed by atoms with van der Waals surface area (Å²) in [6, 6.07) is 0. The molecule has 0 atom stereocenters. The van der Waals surface area contributed by atoms with E-state index in [0.29, 0.717) is 13.2 Å². The average Bonchev–Trinajstić information content (AvgIpc) is 1.97. The molecule has 0 amide bonds. The van der Waals surface area contributed by atoms with Gasteiger partial charge in [0.25, 0.3) is 0 Å². The highest BCUT2D eigenvalue weighted by Crippen LogP contribution is 2.15. The second-order valence-electron chi connectivity index (χ2n) is 6.51. The van der Waals surface area contributed by atoms with Gasteiger partial charge in [-0.25, -0.2) is 0 Å². The molecule has 0 radical (unpaired) electrons. The fourth-order valence-electron chi connectivity index (χ4n) is 1.49. The Morgan fingerprint density at radius 3 is 1.80 bits per heavy atom. The molecular formula is C12H28N2O. The van der Waals surface area contributed by atoms with Crippen molar-refractivity contribution in [3.63, 3.8) is 0 Å². The monoisotopic (exact) mass is 216 g/mol. The summed E-state index contributed by atoms with van der Waals surface area (Å²) >= 11 is 0. The molecule has 3 heteroatoms. The van der Waals surface area contributed by atoms with Gasteiger partial charge in [0.15, 0.2) is 0 Å². The van der Waals surface area contributed by atoms with Crippen LogP contribution in [0, 0.1) is 0 Å². The van der Waals surface area contributed by atoms with E-state index in [1.807, 2.05) is 13.8 Å². The molecule has 3 nitrogen and oxygen atoms in total. The van der Waals surface area contributed by atoms with Crippen LogP contribution in [-0.2, 0) is 4.74 Å². The van der Waals surface area contributed by atoms with E-state index in [0.717, 1.165) is 0 Å². The predicted octanol–water partition coefficient (Wildman–Crippen LogP) is 1.91. The van der Waals surface area contributed by atoms with Gasteiger partial charge in [-0.1, -0.05) is 0 Å². The van der Waals surface area contributed by atoms with Crippen molar-refractivity contribution in [2.75, 3.05) is 13.2 Å². The van der Waals surface area contributed by atoms with Gasteiger partial charge in [-0.3, -0.25) is 0 Å². The number of hydrogen-bond acceptors (Lipinski definition) is 3. The summed E-state index contributed by atoms with van der Waals surface area (Å²) in [6.07, 6.45) is 0. The van der Waals surface area contributed by atoms with Crippen molar-refractivity contribution in [1.29, 1.82) is 0 Å². The van der Waals surface area contributed by atoms with E-state index in [9.17, 15) is 0 Å². The molecule has 0 rings (SSSR count). The van der Waals surface area contributed by atoms with Crippen molar-refractivity contribution in [2.24, 2.45) is 5.73 Å². The van der Waals surface area contributed by atoms with Gasteiger partial charge in [0.05, 0.1) is 12.2 Å². The van der Waals surface area contributed by atoms with E-state index in [-0.39, 0.29) is 16.7 Å². The molecule has 0 bridgehead atoms. The van der Waals surface area contributed by atoms with E-state index >= 15 is 0 Å². The summed E-state index contributed by atoms with van der Waals surface area (Å²) in [5.41, 5.74) is 5.44. The molecule has 0 aliphatic heterocycles. The third kappa shape index (κ3) is 7.77. The Morgan fingerprint density at radius 1 is 1.00 bits per heavy atom. The Bertz CT molecular complexity index is 192. The fraction of sp³-hybridized carbons (Fsp3) is 1.00. The summed E-state index contributed by atoms with van der Waals surface area (Å²) in [4.78, 5) is 0. The van der Waals surface area contributed by atoms with Gasteiger partial charge in [-0.15, -0.1) is 0 Å². The third-order valence-corrected chi connectivity index (χ3v) is 2.03. The lowest BCUT2D eigenvalue weighted by atomic mass is 9.99. The summed E-state index contributed by atoms with van der Waals surface area (Å²) in [6.45, 7) is 16.0. The van der Waals surface area contributed by atoms with E-state index in [2.05, 4.69) is 39.9 Å². The van der Waals surface area contributed by atoms with Crippen LogP contribution in [0.4, 0.5) is 0 Å². The van der Waals surface area contributed by atoms with Crippen molar-refractivity contribution in [3.8, 4) is 0 Å². The number of rotatable bonds is 5. The molecule has 0 saturated heterocycles. The van der Waals surface area contributed by atoms with Crippen LogP contribution in [0.15, 0.2) is 0 Å². The predicted molar refractivity (Wildman–Crippen MR) is 66.1 cm³/mol. The lowest BCUT2D eigenvalue weighted by Crippen LogP contribution is -2.54. The van der Waals surface area contributed by atoms with Gasteiger partial charge >= 0.3 is 0 Å². The Morgan fingerprint density at radius 2 is 1.47 bits per heavy atom. The Labute approximate surface area is 94.8 Å². The van der Waals surface area contributed by atoms with Crippen molar-refractivity contribution < 1.29 is 4.74 Å². The van der Waals surface area contributed by atoms with Gasteiger partial charge in [0.2, 0.25) is 0 Å². The standard InChI is InChI=1S/C12H28N2O/c1-10(2,3)14-11(4,5)9-15-12(6,7)8-13/h14H,8-9,13H2,1-7H3. The van der Waals surface area contributed by atoms with Crippen molar-refractivity contribution >= 4 is 0 Å². The zero-order valence-corrected chi connectivity index (χ0v) is 11.4. The minimum Gasteiger partial charge on any atom is -0.372 e. The molecule has 0 aliphatic rings. The van der Waals surface area contributed by atoms with E-state index in [4.69, 9.17) is 10.5 Å². The molecule has 0 spiro atoms. The van der Waals surface area contributed by atoms with Gasteiger partial charge in [0, 0.05) is 17.6 Å². The van der Waals surface area contributed by atoms with Crippen LogP contribution < -0.4 is 11.1 Å². The van der Waals surface area contributed by atoms with E-state index < -0.39 is 0 Å². The molecule has 0 unspecified atom stereocenters. The molecule has 15 heavy (non-hydrogen) atoms. The summed E-state index contributed by atoms with van der Waals surface area (Å²) in [5, 5.41) is 3.53.